The summed E-state index contributed by atoms with van der Waals surface area (Å²) in [5.74, 6) is 0.499. The van der Waals surface area contributed by atoms with Crippen molar-refractivity contribution in [3.05, 3.63) is 36.1 Å². The zero-order valence-electron chi connectivity index (χ0n) is 16.0. The highest BCUT2D eigenvalue weighted by Crippen LogP contribution is 2.39. The molecule has 4 rings (SSSR count). The van der Waals surface area contributed by atoms with Crippen LogP contribution in [0.25, 0.3) is 5.57 Å². The molecule has 2 heterocycles. The van der Waals surface area contributed by atoms with E-state index in [1.807, 2.05) is 24.3 Å². The van der Waals surface area contributed by atoms with Gasteiger partial charge >= 0.3 is 6.09 Å². The van der Waals surface area contributed by atoms with Crippen LogP contribution in [-0.2, 0) is 19.0 Å². The second kappa shape index (κ2) is 8.22. The van der Waals surface area contributed by atoms with Crippen LogP contribution in [0.3, 0.4) is 0 Å². The summed E-state index contributed by atoms with van der Waals surface area (Å²) in [6.45, 7) is 2.19. The molecule has 1 amide bonds. The van der Waals surface area contributed by atoms with Crippen LogP contribution in [0.15, 0.2) is 30.5 Å². The predicted molar refractivity (Wildman–Crippen MR) is 101 cm³/mol. The van der Waals surface area contributed by atoms with E-state index in [4.69, 9.17) is 18.9 Å². The molecule has 3 unspecified atom stereocenters. The quantitative estimate of drug-likeness (QED) is 0.794. The third kappa shape index (κ3) is 3.71. The Balaban J connectivity index is 1.42. The molecule has 0 radical (unpaired) electrons. The van der Waals surface area contributed by atoms with Crippen molar-refractivity contribution in [2.75, 3.05) is 33.4 Å². The lowest BCUT2D eigenvalue weighted by atomic mass is 9.77. The Hall–Kier alpha value is -2.54. The van der Waals surface area contributed by atoms with Gasteiger partial charge in [0.2, 0.25) is 0 Å². The maximum atomic E-state index is 13.1. The van der Waals surface area contributed by atoms with Gasteiger partial charge in [-0.15, -0.1) is 0 Å². The molecule has 1 aromatic carbocycles. The Morgan fingerprint density at radius 1 is 1.18 bits per heavy atom. The monoisotopic (exact) mass is 387 g/mol. The predicted octanol–water partition coefficient (Wildman–Crippen LogP) is 2.64. The Morgan fingerprint density at radius 3 is 2.75 bits per heavy atom. The molecule has 2 fully saturated rings. The molecule has 0 N–H and O–H groups in total. The fraction of sp³-hybridized carbons (Fsp3) is 0.524. The van der Waals surface area contributed by atoms with Crippen LogP contribution >= 0.6 is 0 Å². The Morgan fingerprint density at radius 2 is 1.96 bits per heavy atom. The number of amides is 1. The maximum Gasteiger partial charge on any atom is 0.410 e. The first-order valence-electron chi connectivity index (χ1n) is 9.74. The second-order valence-electron chi connectivity index (χ2n) is 7.30. The van der Waals surface area contributed by atoms with Gasteiger partial charge in [0.1, 0.15) is 18.0 Å². The first kappa shape index (κ1) is 18.8. The molecule has 0 bridgehead atoms. The highest BCUT2D eigenvalue weighted by Gasteiger charge is 2.42. The van der Waals surface area contributed by atoms with Crippen LogP contribution in [0.4, 0.5) is 4.79 Å². The molecule has 2 aliphatic heterocycles. The third-order valence-corrected chi connectivity index (χ3v) is 5.64. The SMILES string of the molecule is COc1ccccc1C1=COC2CC(OC(=O)N3CCOCC3)CCC2C1=O. The van der Waals surface area contributed by atoms with Gasteiger partial charge in [0.05, 0.1) is 38.1 Å². The van der Waals surface area contributed by atoms with Crippen molar-refractivity contribution < 1.29 is 28.5 Å². The molecule has 1 aromatic rings. The zero-order valence-corrected chi connectivity index (χ0v) is 16.0. The van der Waals surface area contributed by atoms with Gasteiger partial charge in [-0.1, -0.05) is 18.2 Å². The summed E-state index contributed by atoms with van der Waals surface area (Å²) >= 11 is 0. The van der Waals surface area contributed by atoms with Gasteiger partial charge in [-0.05, 0) is 18.9 Å². The van der Waals surface area contributed by atoms with Crippen molar-refractivity contribution in [3.8, 4) is 5.75 Å². The lowest BCUT2D eigenvalue weighted by Crippen LogP contribution is -2.45. The summed E-state index contributed by atoms with van der Waals surface area (Å²) in [6.07, 6.45) is 2.56. The van der Waals surface area contributed by atoms with Crippen molar-refractivity contribution >= 4 is 17.4 Å². The maximum absolute atomic E-state index is 13.1. The second-order valence-corrected chi connectivity index (χ2v) is 7.30. The number of ether oxygens (including phenoxy) is 4. The van der Waals surface area contributed by atoms with Crippen LogP contribution in [0, 0.1) is 5.92 Å². The number of carbonyl (C=O) groups is 2. The molecule has 3 atom stereocenters. The summed E-state index contributed by atoms with van der Waals surface area (Å²) < 4.78 is 22.2. The van der Waals surface area contributed by atoms with Gasteiger partial charge in [0, 0.05) is 25.1 Å². The summed E-state index contributed by atoms with van der Waals surface area (Å²) in [4.78, 5) is 27.1. The Bertz CT molecular complexity index is 770. The van der Waals surface area contributed by atoms with Crippen LogP contribution in [0.2, 0.25) is 0 Å². The van der Waals surface area contributed by atoms with E-state index in [-0.39, 0.29) is 30.0 Å². The van der Waals surface area contributed by atoms with E-state index in [1.165, 1.54) is 6.26 Å². The van der Waals surface area contributed by atoms with Crippen LogP contribution < -0.4 is 4.74 Å². The molecule has 150 valence electrons. The number of methoxy groups -OCH3 is 1. The third-order valence-electron chi connectivity index (χ3n) is 5.64. The zero-order chi connectivity index (χ0) is 19.5. The minimum Gasteiger partial charge on any atom is -0.496 e. The average Bonchev–Trinajstić information content (AvgIpc) is 2.74. The van der Waals surface area contributed by atoms with E-state index in [0.717, 1.165) is 5.56 Å². The van der Waals surface area contributed by atoms with Gasteiger partial charge in [-0.2, -0.15) is 0 Å². The van der Waals surface area contributed by atoms with E-state index < -0.39 is 0 Å². The summed E-state index contributed by atoms with van der Waals surface area (Å²) in [6, 6.07) is 7.44. The molecule has 7 nitrogen and oxygen atoms in total. The molecule has 28 heavy (non-hydrogen) atoms. The highest BCUT2D eigenvalue weighted by molar-refractivity contribution is 6.22. The van der Waals surface area contributed by atoms with E-state index in [0.29, 0.717) is 56.9 Å². The van der Waals surface area contributed by atoms with Crippen LogP contribution in [-0.4, -0.2) is 62.4 Å². The van der Waals surface area contributed by atoms with Gasteiger partial charge in [-0.25, -0.2) is 4.79 Å². The van der Waals surface area contributed by atoms with Gasteiger partial charge in [0.15, 0.2) is 5.78 Å². The van der Waals surface area contributed by atoms with Crippen molar-refractivity contribution in [2.24, 2.45) is 5.92 Å². The Kier molecular flexibility index (Phi) is 5.52. The molecule has 1 aliphatic carbocycles. The van der Waals surface area contributed by atoms with Crippen molar-refractivity contribution in [2.45, 2.75) is 31.5 Å². The first-order chi connectivity index (χ1) is 13.7. The van der Waals surface area contributed by atoms with E-state index >= 15 is 0 Å². The number of carbonyl (C=O) groups excluding carboxylic acids is 2. The standard InChI is InChI=1S/C21H25NO6/c1-25-18-5-3-2-4-15(18)17-13-27-19-12-14(6-7-16(19)20(17)23)28-21(24)22-8-10-26-11-9-22/h2-5,13-14,16,19H,6-12H2,1H3. The topological polar surface area (TPSA) is 74.3 Å². The minimum atomic E-state index is -0.306. The van der Waals surface area contributed by atoms with Crippen LogP contribution in [0.1, 0.15) is 24.8 Å². The smallest absolute Gasteiger partial charge is 0.410 e. The van der Waals surface area contributed by atoms with Crippen molar-refractivity contribution in [1.29, 1.82) is 0 Å². The van der Waals surface area contributed by atoms with Crippen molar-refractivity contribution in [1.82, 2.24) is 4.90 Å². The number of nitrogens with zero attached hydrogens (tertiary/aromatic N) is 1. The number of ketones is 1. The molecule has 1 saturated heterocycles. The number of hydrogen-bond acceptors (Lipinski definition) is 6. The number of rotatable bonds is 3. The number of allylic oxidation sites excluding steroid dienone is 1. The highest BCUT2D eigenvalue weighted by atomic mass is 16.6. The number of morpholine rings is 1. The summed E-state index contributed by atoms with van der Waals surface area (Å²) in [5.41, 5.74) is 1.29. The average molecular weight is 387 g/mol. The van der Waals surface area contributed by atoms with Crippen molar-refractivity contribution in [3.63, 3.8) is 0 Å². The lowest BCUT2D eigenvalue weighted by Gasteiger charge is -2.38. The van der Waals surface area contributed by atoms with Crippen LogP contribution in [0.5, 0.6) is 5.75 Å². The molecular formula is C21H25NO6. The van der Waals surface area contributed by atoms with E-state index in [9.17, 15) is 9.59 Å². The summed E-state index contributed by atoms with van der Waals surface area (Å²) in [7, 11) is 1.59. The molecular weight excluding hydrogens is 362 g/mol. The number of para-hydroxylation sites is 1. The van der Waals surface area contributed by atoms with Gasteiger partial charge < -0.3 is 23.8 Å². The normalized spacial score (nSPS) is 27.3. The number of hydrogen-bond donors (Lipinski definition) is 0. The molecule has 7 heteroatoms. The lowest BCUT2D eigenvalue weighted by molar-refractivity contribution is -0.126. The van der Waals surface area contributed by atoms with E-state index in [2.05, 4.69) is 0 Å². The molecule has 1 saturated carbocycles. The first-order valence-corrected chi connectivity index (χ1v) is 9.74. The van der Waals surface area contributed by atoms with E-state index in [1.54, 1.807) is 12.0 Å². The molecule has 3 aliphatic rings. The Labute approximate surface area is 164 Å². The number of benzene rings is 1. The van der Waals surface area contributed by atoms with Gasteiger partial charge in [0.25, 0.3) is 0 Å². The fourth-order valence-corrected chi connectivity index (χ4v) is 4.09. The fourth-order valence-electron chi connectivity index (χ4n) is 4.09. The molecule has 0 aromatic heterocycles. The van der Waals surface area contributed by atoms with Gasteiger partial charge in [-0.3, -0.25) is 4.79 Å². The molecule has 0 spiro atoms. The largest absolute Gasteiger partial charge is 0.496 e. The number of fused-ring (bicyclic) bond motifs is 1. The minimum absolute atomic E-state index is 0.0682. The number of Topliss-reactive ketones (excluding diaryl/α,β-unsaturated/α-hetero) is 1. The summed E-state index contributed by atoms with van der Waals surface area (Å²) in [5, 5.41) is 0.